The Labute approximate surface area is 194 Å². The topological polar surface area (TPSA) is 73.1 Å². The van der Waals surface area contributed by atoms with Gasteiger partial charge in [-0.2, -0.15) is 0 Å². The standard InChI is InChI=1S/C22H19Cl2N5O3/c23-16-5-6-18(19(24)9-16)22(12-28-8-7-25-14-28)31-11-17(32-22)10-30-21-4-2-1-3-20(21)29-15-26-13-27-29/h1-9,11,13-14H,10,12,15H2,(H,26,27). The molecular weight excluding hydrogens is 453 g/mol. The molecule has 2 aliphatic heterocycles. The van der Waals surface area contributed by atoms with E-state index in [2.05, 4.69) is 15.4 Å². The first-order valence-electron chi connectivity index (χ1n) is 9.84. The normalized spacial score (nSPS) is 19.3. The van der Waals surface area contributed by atoms with Gasteiger partial charge in [0.2, 0.25) is 0 Å². The third-order valence-electron chi connectivity index (χ3n) is 5.02. The number of nitrogens with zero attached hydrogens (tertiary/aromatic N) is 4. The number of benzene rings is 2. The molecule has 0 saturated carbocycles. The van der Waals surface area contributed by atoms with Gasteiger partial charge >= 0.3 is 0 Å². The molecule has 1 aromatic heterocycles. The monoisotopic (exact) mass is 471 g/mol. The van der Waals surface area contributed by atoms with E-state index >= 15 is 0 Å². The lowest BCUT2D eigenvalue weighted by atomic mass is 10.1. The molecular formula is C22H19Cl2N5O3. The molecule has 1 unspecified atom stereocenters. The molecule has 0 saturated heterocycles. The smallest absolute Gasteiger partial charge is 0.296 e. The van der Waals surface area contributed by atoms with E-state index in [4.69, 9.17) is 37.4 Å². The fourth-order valence-corrected chi connectivity index (χ4v) is 4.10. The number of hydrogen-bond acceptors (Lipinski definition) is 7. The van der Waals surface area contributed by atoms with E-state index in [0.29, 0.717) is 40.3 Å². The number of aromatic nitrogens is 2. The van der Waals surface area contributed by atoms with Crippen molar-refractivity contribution in [1.29, 1.82) is 0 Å². The molecule has 0 aliphatic carbocycles. The summed E-state index contributed by atoms with van der Waals surface area (Å²) in [6, 6.07) is 12.9. The number of halogens is 2. The van der Waals surface area contributed by atoms with Crippen LogP contribution in [0.4, 0.5) is 5.69 Å². The first-order chi connectivity index (χ1) is 15.6. The number of para-hydroxylation sites is 2. The largest absolute Gasteiger partial charge is 0.483 e. The summed E-state index contributed by atoms with van der Waals surface area (Å²) in [5.41, 5.74) is 4.59. The molecule has 0 spiro atoms. The number of hydrogen-bond donors (Lipinski definition) is 1. The number of rotatable bonds is 7. The summed E-state index contributed by atoms with van der Waals surface area (Å²) < 4.78 is 20.3. The summed E-state index contributed by atoms with van der Waals surface area (Å²) >= 11 is 12.6. The van der Waals surface area contributed by atoms with Crippen LogP contribution in [0, 0.1) is 0 Å². The number of anilines is 1. The van der Waals surface area contributed by atoms with Crippen LogP contribution < -0.4 is 15.2 Å². The average molecular weight is 472 g/mol. The predicted octanol–water partition coefficient (Wildman–Crippen LogP) is 4.32. The quantitative estimate of drug-likeness (QED) is 0.552. The lowest BCUT2D eigenvalue weighted by Crippen LogP contribution is -2.34. The van der Waals surface area contributed by atoms with Crippen molar-refractivity contribution in [2.75, 3.05) is 18.3 Å². The van der Waals surface area contributed by atoms with Gasteiger partial charge in [-0.15, -0.1) is 0 Å². The van der Waals surface area contributed by atoms with Crippen LogP contribution in [0.5, 0.6) is 5.75 Å². The van der Waals surface area contributed by atoms with Crippen LogP contribution in [-0.4, -0.2) is 29.2 Å². The fourth-order valence-electron chi connectivity index (χ4n) is 3.55. The van der Waals surface area contributed by atoms with E-state index in [9.17, 15) is 0 Å². The van der Waals surface area contributed by atoms with Crippen molar-refractivity contribution in [2.45, 2.75) is 12.3 Å². The van der Waals surface area contributed by atoms with E-state index < -0.39 is 5.79 Å². The molecule has 2 aromatic carbocycles. The fraction of sp³-hybridized carbons (Fsp3) is 0.182. The van der Waals surface area contributed by atoms with Crippen LogP contribution in [0.1, 0.15) is 5.56 Å². The third-order valence-corrected chi connectivity index (χ3v) is 5.57. The highest BCUT2D eigenvalue weighted by atomic mass is 35.5. The van der Waals surface area contributed by atoms with Gasteiger partial charge < -0.3 is 18.8 Å². The van der Waals surface area contributed by atoms with E-state index in [-0.39, 0.29) is 6.61 Å². The molecule has 1 atom stereocenters. The van der Waals surface area contributed by atoms with Crippen molar-refractivity contribution in [3.05, 3.63) is 88.8 Å². The third kappa shape index (κ3) is 4.06. The Morgan fingerprint density at radius 3 is 2.88 bits per heavy atom. The second-order valence-corrected chi connectivity index (χ2v) is 8.03. The number of ether oxygens (including phenoxy) is 3. The van der Waals surface area contributed by atoms with Crippen LogP contribution in [0.15, 0.2) is 78.2 Å². The zero-order chi connectivity index (χ0) is 22.0. The lowest BCUT2D eigenvalue weighted by Gasteiger charge is -2.30. The molecule has 5 rings (SSSR count). The highest BCUT2D eigenvalue weighted by molar-refractivity contribution is 6.35. The molecule has 8 nitrogen and oxygen atoms in total. The van der Waals surface area contributed by atoms with Crippen LogP contribution in [-0.2, 0) is 21.8 Å². The number of aliphatic imine (C=N–C) groups is 1. The van der Waals surface area contributed by atoms with Crippen molar-refractivity contribution in [2.24, 2.45) is 4.99 Å². The van der Waals surface area contributed by atoms with Gasteiger partial charge in [-0.3, -0.25) is 15.4 Å². The van der Waals surface area contributed by atoms with Gasteiger partial charge in [-0.25, -0.2) is 4.98 Å². The van der Waals surface area contributed by atoms with Crippen LogP contribution >= 0.6 is 23.2 Å². The summed E-state index contributed by atoms with van der Waals surface area (Å²) in [4.78, 5) is 8.27. The molecule has 10 heteroatoms. The Balaban J connectivity index is 1.35. The minimum Gasteiger partial charge on any atom is -0.483 e. The maximum Gasteiger partial charge on any atom is 0.296 e. The van der Waals surface area contributed by atoms with Crippen molar-refractivity contribution >= 4 is 35.2 Å². The molecule has 2 aliphatic rings. The number of hydrazine groups is 1. The van der Waals surface area contributed by atoms with Gasteiger partial charge in [-0.1, -0.05) is 35.3 Å². The molecule has 3 heterocycles. The van der Waals surface area contributed by atoms with E-state index in [1.807, 2.05) is 40.0 Å². The maximum atomic E-state index is 6.51. The summed E-state index contributed by atoms with van der Waals surface area (Å²) in [5.74, 6) is 0.0356. The van der Waals surface area contributed by atoms with Gasteiger partial charge in [0.05, 0.1) is 16.9 Å². The second kappa shape index (κ2) is 8.64. The lowest BCUT2D eigenvalue weighted by molar-refractivity contribution is -0.169. The minimum absolute atomic E-state index is 0.169. The number of nitrogens with one attached hydrogen (secondary N) is 1. The predicted molar refractivity (Wildman–Crippen MR) is 122 cm³/mol. The SMILES string of the molecule is Clc1ccc(C2(Cn3ccnc3)OC=C(COc3ccccc3N3CN=CN3)O2)c(Cl)c1. The van der Waals surface area contributed by atoms with Crippen molar-refractivity contribution < 1.29 is 14.2 Å². The van der Waals surface area contributed by atoms with E-state index in [1.165, 1.54) is 0 Å². The van der Waals surface area contributed by atoms with Gasteiger partial charge in [0.1, 0.15) is 43.9 Å². The summed E-state index contributed by atoms with van der Waals surface area (Å²) in [5, 5.41) is 2.85. The van der Waals surface area contributed by atoms with Crippen molar-refractivity contribution in [3.63, 3.8) is 0 Å². The number of imidazole rings is 1. The second-order valence-electron chi connectivity index (χ2n) is 7.18. The van der Waals surface area contributed by atoms with Crippen LogP contribution in [0.2, 0.25) is 10.0 Å². The van der Waals surface area contributed by atoms with Gasteiger partial charge in [-0.05, 0) is 30.3 Å². The van der Waals surface area contributed by atoms with Gasteiger partial charge in [0.15, 0.2) is 5.76 Å². The summed E-state index contributed by atoms with van der Waals surface area (Å²) in [6.45, 7) is 1.01. The first-order valence-corrected chi connectivity index (χ1v) is 10.6. The molecule has 0 amide bonds. The van der Waals surface area contributed by atoms with Gasteiger partial charge in [0.25, 0.3) is 5.79 Å². The zero-order valence-electron chi connectivity index (χ0n) is 16.8. The van der Waals surface area contributed by atoms with Gasteiger partial charge in [0, 0.05) is 17.4 Å². The first kappa shape index (κ1) is 20.5. The van der Waals surface area contributed by atoms with Crippen LogP contribution in [0.3, 0.4) is 0 Å². The summed E-state index contributed by atoms with van der Waals surface area (Å²) in [6.07, 6.45) is 8.41. The minimum atomic E-state index is -1.18. The molecule has 0 radical (unpaired) electrons. The molecule has 164 valence electrons. The Morgan fingerprint density at radius 2 is 2.09 bits per heavy atom. The Morgan fingerprint density at radius 1 is 1.19 bits per heavy atom. The molecule has 1 N–H and O–H groups in total. The summed E-state index contributed by atoms with van der Waals surface area (Å²) in [7, 11) is 0. The zero-order valence-corrected chi connectivity index (χ0v) is 18.3. The maximum absolute atomic E-state index is 6.51. The Bertz CT molecular complexity index is 1160. The molecule has 0 bridgehead atoms. The van der Waals surface area contributed by atoms with E-state index in [0.717, 1.165) is 5.69 Å². The van der Waals surface area contributed by atoms with Crippen molar-refractivity contribution in [3.8, 4) is 5.75 Å². The highest BCUT2D eigenvalue weighted by Crippen LogP contribution is 2.41. The van der Waals surface area contributed by atoms with Crippen molar-refractivity contribution in [1.82, 2.24) is 15.0 Å². The molecule has 32 heavy (non-hydrogen) atoms. The highest BCUT2D eigenvalue weighted by Gasteiger charge is 2.43. The molecule has 0 fully saturated rings. The van der Waals surface area contributed by atoms with E-state index in [1.54, 1.807) is 43.3 Å². The van der Waals surface area contributed by atoms with Crippen LogP contribution in [0.25, 0.3) is 0 Å². The molecule has 3 aromatic rings. The Hall–Kier alpha value is -3.36. The average Bonchev–Trinajstić information content (AvgIpc) is 3.56. The Kier molecular flexibility index (Phi) is 5.55.